The molecule has 0 saturated heterocycles. The fourth-order valence-corrected chi connectivity index (χ4v) is 5.18. The van der Waals surface area contributed by atoms with Gasteiger partial charge in [-0.05, 0) is 36.6 Å². The molecule has 0 aliphatic heterocycles. The van der Waals surface area contributed by atoms with Gasteiger partial charge in [0.05, 0.1) is 5.75 Å². The minimum absolute atomic E-state index is 0.129. The number of hydrogen-bond donors (Lipinski definition) is 1. The molecular formula is C29H32Cl2N2O2S. The van der Waals surface area contributed by atoms with Crippen LogP contribution in [-0.2, 0) is 28.3 Å². The molecule has 0 bridgehead atoms. The Labute approximate surface area is 228 Å². The average Bonchev–Trinajstić information content (AvgIpc) is 2.88. The number of aryl methyl sites for hydroxylation is 1. The van der Waals surface area contributed by atoms with E-state index in [0.717, 1.165) is 17.5 Å². The standard InChI is InChI=1S/C29H32Cl2N2O2S/c1-3-16-32-29(35)27(17-22-8-5-4-6-9-22)33(18-24-25(30)10-7-11-26(24)31)28(34)20-36-19-23-14-12-21(2)13-15-23/h4-15,27H,3,16-20H2,1-2H3,(H,32,35). The summed E-state index contributed by atoms with van der Waals surface area (Å²) in [7, 11) is 0. The quantitative estimate of drug-likeness (QED) is 0.277. The number of nitrogens with zero attached hydrogens (tertiary/aromatic N) is 1. The lowest BCUT2D eigenvalue weighted by atomic mass is 10.0. The van der Waals surface area contributed by atoms with Gasteiger partial charge in [0.1, 0.15) is 6.04 Å². The number of rotatable bonds is 12. The van der Waals surface area contributed by atoms with E-state index < -0.39 is 6.04 Å². The van der Waals surface area contributed by atoms with E-state index in [1.807, 2.05) is 37.3 Å². The molecule has 3 aromatic rings. The molecule has 0 fully saturated rings. The fourth-order valence-electron chi connectivity index (χ4n) is 3.80. The summed E-state index contributed by atoms with van der Waals surface area (Å²) in [5.41, 5.74) is 3.97. The Morgan fingerprint density at radius 3 is 2.22 bits per heavy atom. The van der Waals surface area contributed by atoms with Crippen molar-refractivity contribution >= 4 is 46.8 Å². The maximum atomic E-state index is 13.7. The van der Waals surface area contributed by atoms with Gasteiger partial charge < -0.3 is 10.2 Å². The average molecular weight is 544 g/mol. The number of carbonyl (C=O) groups is 2. The van der Waals surface area contributed by atoms with Gasteiger partial charge in [0.2, 0.25) is 11.8 Å². The number of hydrogen-bond acceptors (Lipinski definition) is 3. The lowest BCUT2D eigenvalue weighted by Crippen LogP contribution is -2.51. The van der Waals surface area contributed by atoms with Crippen molar-refractivity contribution in [1.82, 2.24) is 10.2 Å². The first-order valence-electron chi connectivity index (χ1n) is 12.1. The molecule has 1 unspecified atom stereocenters. The van der Waals surface area contributed by atoms with Gasteiger partial charge in [-0.2, -0.15) is 0 Å². The van der Waals surface area contributed by atoms with Crippen molar-refractivity contribution in [3.8, 4) is 0 Å². The van der Waals surface area contributed by atoms with Gasteiger partial charge in [-0.3, -0.25) is 9.59 Å². The lowest BCUT2D eigenvalue weighted by molar-refractivity contribution is -0.139. The first-order valence-corrected chi connectivity index (χ1v) is 14.0. The highest BCUT2D eigenvalue weighted by Gasteiger charge is 2.31. The van der Waals surface area contributed by atoms with Crippen LogP contribution in [0.15, 0.2) is 72.8 Å². The third kappa shape index (κ3) is 8.29. The third-order valence-corrected chi connectivity index (χ3v) is 7.52. The summed E-state index contributed by atoms with van der Waals surface area (Å²) >= 11 is 14.5. The molecule has 36 heavy (non-hydrogen) atoms. The van der Waals surface area contributed by atoms with Gasteiger partial charge in [0.25, 0.3) is 0 Å². The Kier molecular flexibility index (Phi) is 11.2. The summed E-state index contributed by atoms with van der Waals surface area (Å²) in [5, 5.41) is 3.93. The number of halogens is 2. The number of nitrogens with one attached hydrogen (secondary N) is 1. The summed E-state index contributed by atoms with van der Waals surface area (Å²) in [6, 6.07) is 22.6. The second kappa shape index (κ2) is 14.3. The summed E-state index contributed by atoms with van der Waals surface area (Å²) in [6.07, 6.45) is 1.20. The predicted molar refractivity (Wildman–Crippen MR) is 152 cm³/mol. The molecular weight excluding hydrogens is 511 g/mol. The van der Waals surface area contributed by atoms with Crippen LogP contribution in [0.3, 0.4) is 0 Å². The first kappa shape index (κ1) is 28.1. The highest BCUT2D eigenvalue weighted by Crippen LogP contribution is 2.28. The number of carbonyl (C=O) groups excluding carboxylic acids is 2. The Bertz CT molecular complexity index is 1120. The molecule has 0 heterocycles. The fraction of sp³-hybridized carbons (Fsp3) is 0.310. The molecule has 4 nitrogen and oxygen atoms in total. The predicted octanol–water partition coefficient (Wildman–Crippen LogP) is 6.70. The van der Waals surface area contributed by atoms with Crippen LogP contribution in [-0.4, -0.2) is 35.1 Å². The zero-order valence-corrected chi connectivity index (χ0v) is 23.0. The van der Waals surface area contributed by atoms with Crippen molar-refractivity contribution in [3.63, 3.8) is 0 Å². The van der Waals surface area contributed by atoms with Crippen molar-refractivity contribution in [3.05, 3.63) is 105 Å². The van der Waals surface area contributed by atoms with Crippen LogP contribution in [0.4, 0.5) is 0 Å². The van der Waals surface area contributed by atoms with Crippen LogP contribution in [0.2, 0.25) is 10.0 Å². The SMILES string of the molecule is CCCNC(=O)C(Cc1ccccc1)N(Cc1c(Cl)cccc1Cl)C(=O)CSCc1ccc(C)cc1. The molecule has 0 aromatic heterocycles. The Morgan fingerprint density at radius 1 is 0.917 bits per heavy atom. The van der Waals surface area contributed by atoms with Gasteiger partial charge in [0, 0.05) is 40.9 Å². The Morgan fingerprint density at radius 2 is 1.58 bits per heavy atom. The number of thioether (sulfide) groups is 1. The highest BCUT2D eigenvalue weighted by atomic mass is 35.5. The van der Waals surface area contributed by atoms with Crippen molar-refractivity contribution in [2.24, 2.45) is 0 Å². The van der Waals surface area contributed by atoms with Crippen LogP contribution >= 0.6 is 35.0 Å². The van der Waals surface area contributed by atoms with Crippen molar-refractivity contribution < 1.29 is 9.59 Å². The van der Waals surface area contributed by atoms with Crippen LogP contribution in [0.25, 0.3) is 0 Å². The van der Waals surface area contributed by atoms with Gasteiger partial charge in [-0.1, -0.05) is 96.4 Å². The topological polar surface area (TPSA) is 49.4 Å². The third-order valence-electron chi connectivity index (χ3n) is 5.83. The molecule has 0 spiro atoms. The minimum atomic E-state index is -0.696. The summed E-state index contributed by atoms with van der Waals surface area (Å²) < 4.78 is 0. The molecule has 190 valence electrons. The lowest BCUT2D eigenvalue weighted by Gasteiger charge is -2.32. The zero-order chi connectivity index (χ0) is 25.9. The van der Waals surface area contributed by atoms with Gasteiger partial charge in [-0.15, -0.1) is 11.8 Å². The maximum Gasteiger partial charge on any atom is 0.243 e. The van der Waals surface area contributed by atoms with Crippen molar-refractivity contribution in [2.75, 3.05) is 12.3 Å². The molecule has 3 aromatic carbocycles. The van der Waals surface area contributed by atoms with Crippen molar-refractivity contribution in [1.29, 1.82) is 0 Å². The maximum absolute atomic E-state index is 13.7. The second-order valence-electron chi connectivity index (χ2n) is 8.70. The van der Waals surface area contributed by atoms with Gasteiger partial charge in [-0.25, -0.2) is 0 Å². The normalized spacial score (nSPS) is 11.7. The van der Waals surface area contributed by atoms with Crippen LogP contribution in [0, 0.1) is 6.92 Å². The van der Waals surface area contributed by atoms with E-state index in [0.29, 0.717) is 34.3 Å². The molecule has 0 saturated carbocycles. The molecule has 0 aliphatic carbocycles. The largest absolute Gasteiger partial charge is 0.354 e. The van der Waals surface area contributed by atoms with Crippen LogP contribution in [0.5, 0.6) is 0 Å². The molecule has 2 amide bonds. The zero-order valence-electron chi connectivity index (χ0n) is 20.7. The smallest absolute Gasteiger partial charge is 0.243 e. The second-order valence-corrected chi connectivity index (χ2v) is 10.5. The van der Waals surface area contributed by atoms with E-state index in [2.05, 4.69) is 36.5 Å². The minimum Gasteiger partial charge on any atom is -0.354 e. The Balaban J connectivity index is 1.87. The van der Waals surface area contributed by atoms with E-state index in [9.17, 15) is 9.59 Å². The molecule has 0 radical (unpaired) electrons. The summed E-state index contributed by atoms with van der Waals surface area (Å²) in [5.74, 6) is 0.636. The van der Waals surface area contributed by atoms with E-state index in [1.165, 1.54) is 17.3 Å². The highest BCUT2D eigenvalue weighted by molar-refractivity contribution is 7.99. The van der Waals surface area contributed by atoms with E-state index in [4.69, 9.17) is 23.2 Å². The van der Waals surface area contributed by atoms with Crippen LogP contribution < -0.4 is 5.32 Å². The van der Waals surface area contributed by atoms with Crippen LogP contribution in [0.1, 0.15) is 35.6 Å². The van der Waals surface area contributed by atoms with Gasteiger partial charge in [0.15, 0.2) is 0 Å². The molecule has 0 aliphatic rings. The summed E-state index contributed by atoms with van der Waals surface area (Å²) in [4.78, 5) is 28.7. The van der Waals surface area contributed by atoms with Crippen molar-refractivity contribution in [2.45, 2.75) is 45.0 Å². The Hall–Kier alpha value is -2.47. The molecule has 1 N–H and O–H groups in total. The molecule has 1 atom stereocenters. The van der Waals surface area contributed by atoms with E-state index >= 15 is 0 Å². The molecule has 3 rings (SSSR count). The molecule has 7 heteroatoms. The first-order chi connectivity index (χ1) is 17.4. The number of benzene rings is 3. The monoisotopic (exact) mass is 542 g/mol. The summed E-state index contributed by atoms with van der Waals surface area (Å²) in [6.45, 7) is 4.75. The van der Waals surface area contributed by atoms with Gasteiger partial charge >= 0.3 is 0 Å². The van der Waals surface area contributed by atoms with E-state index in [1.54, 1.807) is 23.1 Å². The number of amides is 2. The van der Waals surface area contributed by atoms with E-state index in [-0.39, 0.29) is 24.1 Å².